The van der Waals surface area contributed by atoms with Crippen molar-refractivity contribution in [2.24, 2.45) is 11.8 Å². The highest BCUT2D eigenvalue weighted by Crippen LogP contribution is 2.43. The van der Waals surface area contributed by atoms with Gasteiger partial charge in [0.05, 0.1) is 24.0 Å². The molecule has 0 atom stereocenters. The third kappa shape index (κ3) is 6.69. The van der Waals surface area contributed by atoms with E-state index in [4.69, 9.17) is 4.74 Å². The van der Waals surface area contributed by atoms with Crippen LogP contribution in [0, 0.1) is 11.8 Å². The maximum Gasteiger partial charge on any atom is 0.418 e. The summed E-state index contributed by atoms with van der Waals surface area (Å²) >= 11 is 0. The molecule has 0 unspecified atom stereocenters. The monoisotopic (exact) mass is 530 g/mol. The van der Waals surface area contributed by atoms with Gasteiger partial charge in [0.25, 0.3) is 0 Å². The van der Waals surface area contributed by atoms with Gasteiger partial charge >= 0.3 is 18.3 Å². The molecule has 2 aromatic rings. The fourth-order valence-corrected chi connectivity index (χ4v) is 5.53. The Hall–Kier alpha value is -2.49. The van der Waals surface area contributed by atoms with E-state index in [-0.39, 0.29) is 48.6 Å². The lowest BCUT2D eigenvalue weighted by Gasteiger charge is -2.32. The summed E-state index contributed by atoms with van der Waals surface area (Å²) in [7, 11) is 0. The van der Waals surface area contributed by atoms with Crippen LogP contribution < -0.4 is 5.32 Å². The van der Waals surface area contributed by atoms with Gasteiger partial charge in [-0.15, -0.1) is 0 Å². The minimum atomic E-state index is -4.62. The normalized spacial score (nSPS) is 22.2. The molecule has 0 amide bonds. The van der Waals surface area contributed by atoms with Crippen LogP contribution in [0.2, 0.25) is 0 Å². The molecule has 10 heteroatoms. The smallest absolute Gasteiger partial charge is 0.418 e. The van der Waals surface area contributed by atoms with Gasteiger partial charge in [0.2, 0.25) is 0 Å². The maximum absolute atomic E-state index is 14.1. The lowest BCUT2D eigenvalue weighted by Crippen LogP contribution is -2.36. The number of anilines is 1. The second-order valence-corrected chi connectivity index (χ2v) is 10.1. The van der Waals surface area contributed by atoms with Crippen LogP contribution in [0.5, 0.6) is 0 Å². The van der Waals surface area contributed by atoms with Gasteiger partial charge in [0, 0.05) is 18.3 Å². The van der Waals surface area contributed by atoms with E-state index in [1.807, 2.05) is 0 Å². The van der Waals surface area contributed by atoms with Crippen molar-refractivity contribution in [2.75, 3.05) is 25.0 Å². The second kappa shape index (κ2) is 11.1. The van der Waals surface area contributed by atoms with E-state index in [2.05, 4.69) is 10.2 Å². The van der Waals surface area contributed by atoms with Gasteiger partial charge in [0.1, 0.15) is 0 Å². The quantitative estimate of drug-likeness (QED) is 0.318. The molecule has 204 valence electrons. The number of hydrogen-bond donors (Lipinski definition) is 1. The third-order valence-electron chi connectivity index (χ3n) is 7.53. The van der Waals surface area contributed by atoms with Crippen molar-refractivity contribution >= 4 is 22.4 Å². The summed E-state index contributed by atoms with van der Waals surface area (Å²) in [6, 6.07) is 7.49. The molecule has 2 fully saturated rings. The molecule has 1 N–H and O–H groups in total. The van der Waals surface area contributed by atoms with Crippen molar-refractivity contribution in [1.82, 2.24) is 4.90 Å². The number of likely N-dealkylation sites (tertiary alicyclic amines) is 1. The van der Waals surface area contributed by atoms with E-state index in [0.717, 1.165) is 5.56 Å². The molecule has 1 aliphatic carbocycles. The Labute approximate surface area is 212 Å². The van der Waals surface area contributed by atoms with Gasteiger partial charge in [-0.3, -0.25) is 9.69 Å². The molecule has 4 nitrogen and oxygen atoms in total. The molecule has 1 saturated heterocycles. The van der Waals surface area contributed by atoms with E-state index in [0.29, 0.717) is 44.5 Å². The number of benzene rings is 2. The van der Waals surface area contributed by atoms with Crippen molar-refractivity contribution in [3.63, 3.8) is 0 Å². The molecular weight excluding hydrogens is 498 g/mol. The highest BCUT2D eigenvalue weighted by Gasteiger charge is 2.42. The number of nitrogens with one attached hydrogen (secondary N) is 1. The van der Waals surface area contributed by atoms with Crippen molar-refractivity contribution in [3.8, 4) is 0 Å². The highest BCUT2D eigenvalue weighted by molar-refractivity contribution is 5.91. The predicted octanol–water partition coefficient (Wildman–Crippen LogP) is 7.17. The number of halogens is 6. The minimum absolute atomic E-state index is 0.0613. The molecule has 0 spiro atoms. The van der Waals surface area contributed by atoms with E-state index in [1.165, 1.54) is 12.1 Å². The number of carbonyl (C=O) groups excluding carboxylic acids is 1. The van der Waals surface area contributed by atoms with Gasteiger partial charge < -0.3 is 10.1 Å². The Morgan fingerprint density at radius 1 is 0.973 bits per heavy atom. The van der Waals surface area contributed by atoms with Crippen LogP contribution in [0.25, 0.3) is 10.8 Å². The first-order valence-corrected chi connectivity index (χ1v) is 12.8. The first-order valence-electron chi connectivity index (χ1n) is 12.8. The molecule has 37 heavy (non-hydrogen) atoms. The third-order valence-corrected chi connectivity index (χ3v) is 7.53. The summed E-state index contributed by atoms with van der Waals surface area (Å²) in [5.74, 6) is -1.68. The number of fused-ring (bicyclic) bond motifs is 1. The highest BCUT2D eigenvalue weighted by atomic mass is 19.4. The van der Waals surface area contributed by atoms with Gasteiger partial charge in [-0.25, -0.2) is 0 Å². The number of carbonyl (C=O) groups is 1. The van der Waals surface area contributed by atoms with Crippen LogP contribution in [0.15, 0.2) is 30.3 Å². The molecule has 0 bridgehead atoms. The second-order valence-electron chi connectivity index (χ2n) is 10.1. The van der Waals surface area contributed by atoms with Gasteiger partial charge in [0.15, 0.2) is 0 Å². The van der Waals surface area contributed by atoms with E-state index in [9.17, 15) is 31.1 Å². The zero-order valence-electron chi connectivity index (χ0n) is 20.7. The predicted molar refractivity (Wildman–Crippen MR) is 129 cm³/mol. The van der Waals surface area contributed by atoms with Crippen molar-refractivity contribution in [1.29, 1.82) is 0 Å². The molecule has 0 radical (unpaired) electrons. The lowest BCUT2D eigenvalue weighted by atomic mass is 9.85. The lowest BCUT2D eigenvalue weighted by molar-refractivity contribution is -0.182. The van der Waals surface area contributed by atoms with E-state index in [1.54, 1.807) is 25.1 Å². The number of alkyl halides is 6. The summed E-state index contributed by atoms with van der Waals surface area (Å²) in [5, 5.41) is 3.41. The van der Waals surface area contributed by atoms with Gasteiger partial charge in [-0.2, -0.15) is 26.3 Å². The first kappa shape index (κ1) is 27.5. The van der Waals surface area contributed by atoms with Crippen LogP contribution >= 0.6 is 0 Å². The minimum Gasteiger partial charge on any atom is -0.466 e. The van der Waals surface area contributed by atoms with Crippen molar-refractivity contribution in [2.45, 2.75) is 70.4 Å². The summed E-state index contributed by atoms with van der Waals surface area (Å²) in [6.07, 6.45) is -7.35. The number of rotatable bonds is 6. The van der Waals surface area contributed by atoms with Gasteiger partial charge in [-0.1, -0.05) is 18.2 Å². The Morgan fingerprint density at radius 2 is 1.65 bits per heavy atom. The van der Waals surface area contributed by atoms with Crippen LogP contribution in [-0.2, 0) is 22.3 Å². The molecule has 1 aliphatic heterocycles. The summed E-state index contributed by atoms with van der Waals surface area (Å²) in [4.78, 5) is 14.1. The van der Waals surface area contributed by atoms with Gasteiger partial charge in [-0.05, 0) is 87.0 Å². The average Bonchev–Trinajstić information content (AvgIpc) is 2.83. The van der Waals surface area contributed by atoms with Crippen LogP contribution in [0.4, 0.5) is 32.0 Å². The number of ether oxygens (including phenoxy) is 1. The van der Waals surface area contributed by atoms with Crippen molar-refractivity contribution in [3.05, 3.63) is 41.5 Å². The largest absolute Gasteiger partial charge is 0.466 e. The molecule has 1 heterocycles. The van der Waals surface area contributed by atoms with Crippen molar-refractivity contribution < 1.29 is 35.9 Å². The van der Waals surface area contributed by atoms with Crippen LogP contribution in [-0.4, -0.2) is 42.8 Å². The number of hydrogen-bond acceptors (Lipinski definition) is 4. The Balaban J connectivity index is 1.47. The maximum atomic E-state index is 14.1. The first-order chi connectivity index (χ1) is 17.5. The van der Waals surface area contributed by atoms with Crippen LogP contribution in [0.3, 0.4) is 0 Å². The van der Waals surface area contributed by atoms with E-state index >= 15 is 0 Å². The zero-order chi connectivity index (χ0) is 26.8. The molecule has 4 rings (SSSR count). The molecule has 2 aromatic carbocycles. The number of esters is 1. The van der Waals surface area contributed by atoms with Crippen LogP contribution in [0.1, 0.15) is 56.6 Å². The number of piperidine rings is 1. The molecular formula is C27H32F6N2O2. The Bertz CT molecular complexity index is 1080. The fraction of sp³-hybridized carbons (Fsp3) is 0.593. The topological polar surface area (TPSA) is 41.6 Å². The zero-order valence-corrected chi connectivity index (χ0v) is 20.7. The average molecular weight is 531 g/mol. The fourth-order valence-electron chi connectivity index (χ4n) is 5.53. The number of nitrogens with zero attached hydrogens (tertiary/aromatic N) is 1. The van der Waals surface area contributed by atoms with E-state index < -0.39 is 29.9 Å². The Kier molecular flexibility index (Phi) is 8.26. The molecule has 2 aliphatic rings. The summed E-state index contributed by atoms with van der Waals surface area (Å²) in [5.41, 5.74) is -0.00427. The molecule has 0 aromatic heterocycles. The molecule has 1 saturated carbocycles. The Morgan fingerprint density at radius 3 is 2.24 bits per heavy atom. The standard InChI is InChI=1S/C27H32F6N2O2/c1-2-37-25(36)18-11-13-35(14-12-18)16-17-3-9-22-19(15-17)4-10-23(24(22)27(31,32)33)34-21-7-5-20(6-8-21)26(28,29)30/h3-4,9-10,15,18,20-21,34H,2,5-8,11-14,16H2,1H3. The SMILES string of the molecule is CCOC(=O)C1CCN(Cc2ccc3c(C(F)(F)F)c(NC4CCC(C(F)(F)F)CC4)ccc3c2)CC1. The summed E-state index contributed by atoms with van der Waals surface area (Å²) < 4.78 is 86.4. The summed E-state index contributed by atoms with van der Waals surface area (Å²) in [6.45, 7) is 4.10.